The Morgan fingerprint density at radius 1 is 0.964 bits per heavy atom. The molecule has 0 spiro atoms. The van der Waals surface area contributed by atoms with Crippen molar-refractivity contribution < 1.29 is 14.3 Å². The van der Waals surface area contributed by atoms with Gasteiger partial charge in [0.1, 0.15) is 18.1 Å². The van der Waals surface area contributed by atoms with Crippen molar-refractivity contribution in [1.82, 2.24) is 0 Å². The van der Waals surface area contributed by atoms with E-state index in [0.29, 0.717) is 29.4 Å². The Hall–Kier alpha value is -3.59. The third-order valence-corrected chi connectivity index (χ3v) is 4.74. The molecule has 1 heterocycles. The van der Waals surface area contributed by atoms with Gasteiger partial charge >= 0.3 is 0 Å². The summed E-state index contributed by atoms with van der Waals surface area (Å²) in [5.41, 5.74) is 4.46. The molecule has 0 N–H and O–H groups in total. The zero-order chi connectivity index (χ0) is 19.5. The van der Waals surface area contributed by atoms with Gasteiger partial charge in [0.25, 0.3) is 0 Å². The monoisotopic (exact) mass is 368 g/mol. The van der Waals surface area contributed by atoms with Gasteiger partial charge < -0.3 is 9.47 Å². The molecule has 4 rings (SSSR count). The number of ether oxygens (including phenoxy) is 2. The summed E-state index contributed by atoms with van der Waals surface area (Å²) >= 11 is 0. The van der Waals surface area contributed by atoms with Gasteiger partial charge in [0.2, 0.25) is 5.78 Å². The summed E-state index contributed by atoms with van der Waals surface area (Å²) in [6, 6.07) is 21.3. The first-order chi connectivity index (χ1) is 13.7. The number of hydrogen-bond donors (Lipinski definition) is 0. The highest BCUT2D eigenvalue weighted by Gasteiger charge is 2.30. The van der Waals surface area contributed by atoms with E-state index in [1.165, 1.54) is 0 Å². The maximum absolute atomic E-state index is 12.7. The van der Waals surface area contributed by atoms with Crippen molar-refractivity contribution in [3.8, 4) is 11.5 Å². The Morgan fingerprint density at radius 2 is 1.71 bits per heavy atom. The highest BCUT2D eigenvalue weighted by atomic mass is 16.5. The van der Waals surface area contributed by atoms with Gasteiger partial charge in [0.15, 0.2) is 5.76 Å². The number of benzene rings is 3. The minimum atomic E-state index is -0.103. The smallest absolute Gasteiger partial charge is 0.231 e. The SMILES string of the molecule is C=Cc1ccc(COc2ccc3c(c2C)O/C(=C\c2ccccc2)C3=O)cc1. The number of allylic oxidation sites excluding steroid dienone is 1. The quantitative estimate of drug-likeness (QED) is 0.531. The van der Waals surface area contributed by atoms with Gasteiger partial charge in [-0.25, -0.2) is 0 Å². The number of fused-ring (bicyclic) bond motifs is 1. The third kappa shape index (κ3) is 3.47. The lowest BCUT2D eigenvalue weighted by Gasteiger charge is -2.11. The van der Waals surface area contributed by atoms with Crippen LogP contribution in [0, 0.1) is 6.92 Å². The Kier molecular flexibility index (Phi) is 4.81. The first kappa shape index (κ1) is 17.8. The molecule has 1 aliphatic rings. The van der Waals surface area contributed by atoms with Crippen LogP contribution in [0.5, 0.6) is 11.5 Å². The average Bonchev–Trinajstić information content (AvgIpc) is 3.05. The molecule has 3 nitrogen and oxygen atoms in total. The van der Waals surface area contributed by atoms with Gasteiger partial charge in [0, 0.05) is 5.56 Å². The van der Waals surface area contributed by atoms with Crippen molar-refractivity contribution in [3.05, 3.63) is 107 Å². The molecule has 0 aliphatic carbocycles. The number of ketones is 1. The molecule has 0 bridgehead atoms. The van der Waals surface area contributed by atoms with E-state index in [2.05, 4.69) is 6.58 Å². The molecular weight excluding hydrogens is 348 g/mol. The number of Topliss-reactive ketones (excluding diaryl/α,β-unsaturated/α-hetero) is 1. The van der Waals surface area contributed by atoms with Crippen molar-refractivity contribution in [2.24, 2.45) is 0 Å². The predicted molar refractivity (Wildman–Crippen MR) is 111 cm³/mol. The summed E-state index contributed by atoms with van der Waals surface area (Å²) < 4.78 is 11.9. The predicted octanol–water partition coefficient (Wildman–Crippen LogP) is 5.83. The van der Waals surface area contributed by atoms with Crippen molar-refractivity contribution in [3.63, 3.8) is 0 Å². The van der Waals surface area contributed by atoms with Crippen LogP contribution < -0.4 is 9.47 Å². The van der Waals surface area contributed by atoms with Gasteiger partial charge in [-0.3, -0.25) is 4.79 Å². The molecule has 0 saturated carbocycles. The van der Waals surface area contributed by atoms with Crippen molar-refractivity contribution in [2.75, 3.05) is 0 Å². The standard InChI is InChI=1S/C25H20O3/c1-3-18-9-11-20(12-10-18)16-27-22-14-13-21-24(26)23(28-25(21)17(22)2)15-19-7-5-4-6-8-19/h3-15H,1,16H2,2H3/b23-15-. The normalized spacial score (nSPS) is 13.9. The second-order valence-corrected chi connectivity index (χ2v) is 6.65. The number of carbonyl (C=O) groups excluding carboxylic acids is 1. The molecule has 3 aromatic rings. The van der Waals surface area contributed by atoms with Crippen LogP contribution in [0.25, 0.3) is 12.2 Å². The minimum absolute atomic E-state index is 0.103. The Balaban J connectivity index is 1.54. The Morgan fingerprint density at radius 3 is 2.43 bits per heavy atom. The molecule has 0 saturated heterocycles. The average molecular weight is 368 g/mol. The van der Waals surface area contributed by atoms with E-state index in [4.69, 9.17) is 9.47 Å². The van der Waals surface area contributed by atoms with Crippen molar-refractivity contribution in [1.29, 1.82) is 0 Å². The Bertz CT molecular complexity index is 1060. The summed E-state index contributed by atoms with van der Waals surface area (Å²) in [6.07, 6.45) is 3.58. The van der Waals surface area contributed by atoms with E-state index < -0.39 is 0 Å². The molecule has 0 fully saturated rings. The summed E-state index contributed by atoms with van der Waals surface area (Å²) in [6.45, 7) is 6.11. The molecule has 0 atom stereocenters. The molecule has 0 radical (unpaired) electrons. The highest BCUT2D eigenvalue weighted by Crippen LogP contribution is 2.39. The maximum atomic E-state index is 12.7. The van der Waals surface area contributed by atoms with Crippen LogP contribution >= 0.6 is 0 Å². The van der Waals surface area contributed by atoms with E-state index in [1.807, 2.05) is 73.7 Å². The maximum Gasteiger partial charge on any atom is 0.231 e. The largest absolute Gasteiger partial charge is 0.488 e. The summed E-state index contributed by atoms with van der Waals surface area (Å²) in [4.78, 5) is 12.7. The van der Waals surface area contributed by atoms with E-state index >= 15 is 0 Å². The van der Waals surface area contributed by atoms with Gasteiger partial charge in [0.05, 0.1) is 5.56 Å². The van der Waals surface area contributed by atoms with Crippen LogP contribution in [0.3, 0.4) is 0 Å². The summed E-state index contributed by atoms with van der Waals surface area (Å²) in [5, 5.41) is 0. The highest BCUT2D eigenvalue weighted by molar-refractivity contribution is 6.14. The molecule has 138 valence electrons. The van der Waals surface area contributed by atoms with E-state index in [-0.39, 0.29) is 5.78 Å². The zero-order valence-corrected chi connectivity index (χ0v) is 15.6. The number of rotatable bonds is 5. The lowest BCUT2D eigenvalue weighted by Crippen LogP contribution is -1.98. The van der Waals surface area contributed by atoms with E-state index in [9.17, 15) is 4.79 Å². The van der Waals surface area contributed by atoms with Gasteiger partial charge in [-0.2, -0.15) is 0 Å². The fraction of sp³-hybridized carbons (Fsp3) is 0.0800. The lowest BCUT2D eigenvalue weighted by molar-refractivity contribution is 0.101. The van der Waals surface area contributed by atoms with Gasteiger partial charge in [-0.15, -0.1) is 0 Å². The molecule has 0 amide bonds. The second-order valence-electron chi connectivity index (χ2n) is 6.65. The van der Waals surface area contributed by atoms with Crippen LogP contribution in [0.15, 0.2) is 79.1 Å². The number of carbonyl (C=O) groups is 1. The molecular formula is C25H20O3. The number of hydrogen-bond acceptors (Lipinski definition) is 3. The van der Waals surface area contributed by atoms with Gasteiger partial charge in [-0.05, 0) is 41.8 Å². The van der Waals surface area contributed by atoms with Crippen LogP contribution in [0.1, 0.15) is 32.6 Å². The van der Waals surface area contributed by atoms with Crippen LogP contribution in [-0.4, -0.2) is 5.78 Å². The van der Waals surface area contributed by atoms with Crippen molar-refractivity contribution >= 4 is 17.9 Å². The molecule has 3 aromatic carbocycles. The van der Waals surface area contributed by atoms with Crippen LogP contribution in [-0.2, 0) is 6.61 Å². The zero-order valence-electron chi connectivity index (χ0n) is 15.6. The first-order valence-corrected chi connectivity index (χ1v) is 9.13. The molecule has 0 unspecified atom stereocenters. The summed E-state index contributed by atoms with van der Waals surface area (Å²) in [7, 11) is 0. The van der Waals surface area contributed by atoms with Crippen molar-refractivity contribution in [2.45, 2.75) is 13.5 Å². The minimum Gasteiger partial charge on any atom is -0.488 e. The fourth-order valence-corrected chi connectivity index (χ4v) is 3.14. The fourth-order valence-electron chi connectivity index (χ4n) is 3.14. The third-order valence-electron chi connectivity index (χ3n) is 4.74. The molecule has 3 heteroatoms. The van der Waals surface area contributed by atoms with E-state index in [0.717, 1.165) is 22.3 Å². The molecule has 1 aliphatic heterocycles. The molecule has 28 heavy (non-hydrogen) atoms. The van der Waals surface area contributed by atoms with E-state index in [1.54, 1.807) is 12.1 Å². The lowest BCUT2D eigenvalue weighted by atomic mass is 10.1. The van der Waals surface area contributed by atoms with Gasteiger partial charge in [-0.1, -0.05) is 67.3 Å². The summed E-state index contributed by atoms with van der Waals surface area (Å²) in [5.74, 6) is 1.52. The first-order valence-electron chi connectivity index (χ1n) is 9.13. The van der Waals surface area contributed by atoms with Crippen LogP contribution in [0.2, 0.25) is 0 Å². The second kappa shape index (κ2) is 7.57. The van der Waals surface area contributed by atoms with Crippen LogP contribution in [0.4, 0.5) is 0 Å². The topological polar surface area (TPSA) is 35.5 Å². The molecule has 0 aromatic heterocycles. The Labute approximate surface area is 164 Å².